The predicted molar refractivity (Wildman–Crippen MR) is 127 cm³/mol. The predicted octanol–water partition coefficient (Wildman–Crippen LogP) is 5.92. The van der Waals surface area contributed by atoms with Gasteiger partial charge in [0.25, 0.3) is 0 Å². The minimum Gasteiger partial charge on any atom is -0.356 e. The summed E-state index contributed by atoms with van der Waals surface area (Å²) >= 11 is 4.62. The number of likely N-dealkylation sites (tertiary alicyclic amines) is 1. The highest BCUT2D eigenvalue weighted by Crippen LogP contribution is 2.34. The third kappa shape index (κ3) is 5.27. The molecule has 0 bridgehead atoms. The van der Waals surface area contributed by atoms with Crippen LogP contribution in [0.25, 0.3) is 17.0 Å². The van der Waals surface area contributed by atoms with Gasteiger partial charge in [-0.3, -0.25) is 4.79 Å². The molecule has 184 valence electrons. The molecule has 2 aliphatic rings. The summed E-state index contributed by atoms with van der Waals surface area (Å²) in [7, 11) is 0. The summed E-state index contributed by atoms with van der Waals surface area (Å²) < 4.78 is 45.3. The molecule has 0 saturated carbocycles. The molecule has 0 N–H and O–H groups in total. The minimum absolute atomic E-state index is 0.121. The number of allylic oxidation sites excluding steroid dienone is 4. The van der Waals surface area contributed by atoms with E-state index in [9.17, 15) is 18.0 Å². The Bertz CT molecular complexity index is 1280. The highest BCUT2D eigenvalue weighted by molar-refractivity contribution is 9.10. The number of halogens is 4. The molecule has 1 fully saturated rings. The maximum absolute atomic E-state index is 12.9. The molecule has 35 heavy (non-hydrogen) atoms. The van der Waals surface area contributed by atoms with E-state index >= 15 is 0 Å². The van der Waals surface area contributed by atoms with Crippen LogP contribution in [0.2, 0.25) is 0 Å². The lowest BCUT2D eigenvalue weighted by atomic mass is 9.97. The quantitative estimate of drug-likeness (QED) is 0.382. The van der Waals surface area contributed by atoms with Crippen LogP contribution < -0.4 is 0 Å². The van der Waals surface area contributed by atoms with E-state index in [2.05, 4.69) is 38.3 Å². The summed E-state index contributed by atoms with van der Waals surface area (Å²) in [5.41, 5.74) is 1.46. The van der Waals surface area contributed by atoms with Crippen LogP contribution in [0, 0.1) is 0 Å². The standard InChI is InChI=1S/C23H21BrF3N5O2S/c24-20-11-19(23(25,26)27)29-32(20)12-21(33)31-8-6-15(7-9-31)22-28-17(13-35-22)16-10-18(34-30-16)14-4-2-1-3-5-14/h2,4-5,10-11,13,15H,1,3,6-9,12H2. The number of rotatable bonds is 5. The Hall–Kier alpha value is -2.73. The molecule has 0 unspecified atom stereocenters. The molecule has 7 nitrogen and oxygen atoms in total. The molecule has 5 rings (SSSR count). The highest BCUT2D eigenvalue weighted by atomic mass is 79.9. The average Bonchev–Trinajstić information content (AvgIpc) is 3.60. The Labute approximate surface area is 211 Å². The summed E-state index contributed by atoms with van der Waals surface area (Å²) in [6, 6.07) is 2.78. The Balaban J connectivity index is 1.18. The van der Waals surface area contributed by atoms with Gasteiger partial charge in [0, 0.05) is 42.1 Å². The van der Waals surface area contributed by atoms with Gasteiger partial charge in [0.05, 0.1) is 5.01 Å². The molecule has 1 aliphatic carbocycles. The number of alkyl halides is 3. The smallest absolute Gasteiger partial charge is 0.356 e. The Kier molecular flexibility index (Phi) is 6.67. The number of nitrogens with zero attached hydrogens (tertiary/aromatic N) is 5. The first kappa shape index (κ1) is 24.0. The van der Waals surface area contributed by atoms with Gasteiger partial charge in [0.15, 0.2) is 11.5 Å². The van der Waals surface area contributed by atoms with Gasteiger partial charge >= 0.3 is 6.18 Å². The first-order chi connectivity index (χ1) is 16.8. The molecule has 0 aromatic carbocycles. The van der Waals surface area contributed by atoms with Gasteiger partial charge in [-0.1, -0.05) is 23.4 Å². The van der Waals surface area contributed by atoms with Crippen molar-refractivity contribution in [2.24, 2.45) is 0 Å². The van der Waals surface area contributed by atoms with E-state index in [1.807, 2.05) is 17.5 Å². The summed E-state index contributed by atoms with van der Waals surface area (Å²) in [6.07, 6.45) is 5.20. The van der Waals surface area contributed by atoms with Crippen LogP contribution in [-0.2, 0) is 17.5 Å². The fourth-order valence-corrected chi connectivity index (χ4v) is 5.57. The zero-order valence-electron chi connectivity index (χ0n) is 18.5. The molecular formula is C23H21BrF3N5O2S. The van der Waals surface area contributed by atoms with E-state index in [1.54, 1.807) is 16.2 Å². The van der Waals surface area contributed by atoms with Crippen molar-refractivity contribution in [3.8, 4) is 11.4 Å². The van der Waals surface area contributed by atoms with Crippen molar-refractivity contribution in [1.29, 1.82) is 0 Å². The molecule has 0 spiro atoms. The SMILES string of the molecule is O=C(Cn1nc(C(F)(F)F)cc1Br)N1CCC(c2nc(-c3cc(C4=CCCC=C4)on3)cs2)CC1. The van der Waals surface area contributed by atoms with Crippen molar-refractivity contribution in [3.63, 3.8) is 0 Å². The summed E-state index contributed by atoms with van der Waals surface area (Å²) in [5.74, 6) is 0.673. The van der Waals surface area contributed by atoms with E-state index in [0.717, 1.165) is 58.5 Å². The normalized spacial score (nSPS) is 17.1. The zero-order chi connectivity index (χ0) is 24.6. The van der Waals surface area contributed by atoms with Crippen LogP contribution in [0.3, 0.4) is 0 Å². The fraction of sp³-hybridized carbons (Fsp3) is 0.391. The second kappa shape index (κ2) is 9.73. The number of hydrogen-bond acceptors (Lipinski definition) is 6. The van der Waals surface area contributed by atoms with Crippen LogP contribution in [0.1, 0.15) is 48.1 Å². The first-order valence-electron chi connectivity index (χ1n) is 11.2. The second-order valence-corrected chi connectivity index (χ2v) is 10.2. The van der Waals surface area contributed by atoms with Crippen LogP contribution in [0.5, 0.6) is 0 Å². The maximum atomic E-state index is 12.9. The minimum atomic E-state index is -4.56. The van der Waals surface area contributed by atoms with Crippen LogP contribution in [0.4, 0.5) is 13.2 Å². The lowest BCUT2D eigenvalue weighted by Crippen LogP contribution is -2.40. The summed E-state index contributed by atoms with van der Waals surface area (Å²) in [4.78, 5) is 19.1. The van der Waals surface area contributed by atoms with Gasteiger partial charge < -0.3 is 9.42 Å². The van der Waals surface area contributed by atoms with Crippen molar-refractivity contribution < 1.29 is 22.5 Å². The van der Waals surface area contributed by atoms with Crippen LogP contribution in [-0.4, -0.2) is 43.8 Å². The van der Waals surface area contributed by atoms with E-state index in [0.29, 0.717) is 18.8 Å². The van der Waals surface area contributed by atoms with Crippen molar-refractivity contribution in [2.75, 3.05) is 13.1 Å². The van der Waals surface area contributed by atoms with Gasteiger partial charge in [-0.15, -0.1) is 11.3 Å². The zero-order valence-corrected chi connectivity index (χ0v) is 20.9. The molecule has 3 aromatic heterocycles. The van der Waals surface area contributed by atoms with Gasteiger partial charge in [-0.05, 0) is 41.6 Å². The largest absolute Gasteiger partial charge is 0.435 e. The molecule has 1 saturated heterocycles. The number of amides is 1. The third-order valence-corrected chi connectivity index (χ3v) is 7.72. The number of thiazole rings is 1. The lowest BCUT2D eigenvalue weighted by Gasteiger charge is -2.31. The summed E-state index contributed by atoms with van der Waals surface area (Å²) in [6.45, 7) is 0.777. The number of aromatic nitrogens is 4. The van der Waals surface area contributed by atoms with Crippen molar-refractivity contribution in [2.45, 2.75) is 44.3 Å². The van der Waals surface area contributed by atoms with Crippen molar-refractivity contribution in [3.05, 3.63) is 56.8 Å². The molecule has 3 aromatic rings. The molecule has 1 aliphatic heterocycles. The maximum Gasteiger partial charge on any atom is 0.435 e. The number of hydrogen-bond donors (Lipinski definition) is 0. The molecule has 12 heteroatoms. The van der Waals surface area contributed by atoms with E-state index < -0.39 is 11.9 Å². The Morgan fingerprint density at radius 1 is 1.20 bits per heavy atom. The number of carbonyl (C=O) groups is 1. The molecular weight excluding hydrogens is 547 g/mol. The third-order valence-electron chi connectivity index (χ3n) is 6.08. The van der Waals surface area contributed by atoms with Crippen LogP contribution >= 0.6 is 27.3 Å². The second-order valence-electron chi connectivity index (χ2n) is 8.45. The Morgan fingerprint density at radius 3 is 2.69 bits per heavy atom. The van der Waals surface area contributed by atoms with Gasteiger partial charge in [-0.2, -0.15) is 18.3 Å². The van der Waals surface area contributed by atoms with Gasteiger partial charge in [0.1, 0.15) is 22.5 Å². The molecule has 1 amide bonds. The topological polar surface area (TPSA) is 77.0 Å². The van der Waals surface area contributed by atoms with E-state index in [4.69, 9.17) is 9.51 Å². The Morgan fingerprint density at radius 2 is 2.00 bits per heavy atom. The monoisotopic (exact) mass is 567 g/mol. The van der Waals surface area contributed by atoms with Crippen molar-refractivity contribution >= 4 is 38.7 Å². The number of piperidine rings is 1. The molecule has 0 radical (unpaired) electrons. The van der Waals surface area contributed by atoms with E-state index in [1.165, 1.54) is 0 Å². The molecule has 0 atom stereocenters. The van der Waals surface area contributed by atoms with Crippen molar-refractivity contribution in [1.82, 2.24) is 24.8 Å². The van der Waals surface area contributed by atoms with Gasteiger partial charge in [-0.25, -0.2) is 9.67 Å². The van der Waals surface area contributed by atoms with Crippen LogP contribution in [0.15, 0.2) is 44.9 Å². The number of carbonyl (C=O) groups excluding carboxylic acids is 1. The van der Waals surface area contributed by atoms with E-state index in [-0.39, 0.29) is 23.0 Å². The highest BCUT2D eigenvalue weighted by Gasteiger charge is 2.35. The van der Waals surface area contributed by atoms with Gasteiger partial charge in [0.2, 0.25) is 5.91 Å². The first-order valence-corrected chi connectivity index (χ1v) is 12.8. The molecule has 4 heterocycles. The lowest BCUT2D eigenvalue weighted by molar-refractivity contribution is -0.142. The summed E-state index contributed by atoms with van der Waals surface area (Å²) in [5, 5.41) is 10.6. The fourth-order valence-electron chi connectivity index (χ4n) is 4.17. The average molecular weight is 568 g/mol.